The summed E-state index contributed by atoms with van der Waals surface area (Å²) in [6.07, 6.45) is 3.17. The molecule has 2 aromatic carbocycles. The Bertz CT molecular complexity index is 1230. The first-order valence-corrected chi connectivity index (χ1v) is 9.33. The molecule has 2 aromatic heterocycles. The summed E-state index contributed by atoms with van der Waals surface area (Å²) in [7, 11) is 0. The van der Waals surface area contributed by atoms with Crippen LogP contribution in [0.15, 0.2) is 65.3 Å². The average Bonchev–Trinajstić information content (AvgIpc) is 3.22. The van der Waals surface area contributed by atoms with Gasteiger partial charge < -0.3 is 15.1 Å². The zero-order chi connectivity index (χ0) is 21.8. The van der Waals surface area contributed by atoms with Crippen molar-refractivity contribution in [1.82, 2.24) is 15.2 Å². The van der Waals surface area contributed by atoms with Gasteiger partial charge in [0.2, 0.25) is 11.8 Å². The molecule has 2 heterocycles. The number of halogens is 2. The molecule has 0 aliphatic rings. The molecule has 0 atom stereocenters. The van der Waals surface area contributed by atoms with E-state index < -0.39 is 11.6 Å². The molecule has 0 aliphatic heterocycles. The predicted octanol–water partition coefficient (Wildman–Crippen LogP) is 4.64. The summed E-state index contributed by atoms with van der Waals surface area (Å²) in [4.78, 5) is 16.2. The van der Waals surface area contributed by atoms with Gasteiger partial charge in [-0.2, -0.15) is 0 Å². The molecule has 0 aliphatic carbocycles. The van der Waals surface area contributed by atoms with E-state index in [9.17, 15) is 13.6 Å². The Hall–Kier alpha value is -4.14. The van der Waals surface area contributed by atoms with E-state index in [0.717, 1.165) is 23.3 Å². The Morgan fingerprint density at radius 2 is 1.81 bits per heavy atom. The first-order valence-electron chi connectivity index (χ1n) is 9.33. The maximum Gasteiger partial charge on any atom is 0.320 e. The monoisotopic (exact) mass is 421 g/mol. The van der Waals surface area contributed by atoms with Crippen LogP contribution in [0.2, 0.25) is 0 Å². The van der Waals surface area contributed by atoms with Gasteiger partial charge in [0.05, 0.1) is 6.42 Å². The van der Waals surface area contributed by atoms with Crippen LogP contribution in [-0.2, 0) is 11.2 Å². The third-order valence-corrected chi connectivity index (χ3v) is 4.46. The Kier molecular flexibility index (Phi) is 5.65. The van der Waals surface area contributed by atoms with Gasteiger partial charge in [0.1, 0.15) is 0 Å². The van der Waals surface area contributed by atoms with Gasteiger partial charge in [-0.25, -0.2) is 8.78 Å². The normalized spacial score (nSPS) is 10.7. The molecule has 2 N–H and O–H groups in total. The quantitative estimate of drug-likeness (QED) is 0.471. The number of hydrogen-bond acceptors (Lipinski definition) is 6. The lowest BCUT2D eigenvalue weighted by Crippen LogP contribution is -2.14. The number of carbonyl (C=O) groups excluding carboxylic acids is 1. The maximum atomic E-state index is 13.3. The number of nitrogens with one attached hydrogen (secondary N) is 2. The molecule has 0 fully saturated rings. The highest BCUT2D eigenvalue weighted by atomic mass is 19.2. The molecule has 0 unspecified atom stereocenters. The fraction of sp³-hybridized carbons (Fsp3) is 0.0909. The topological polar surface area (TPSA) is 92.9 Å². The van der Waals surface area contributed by atoms with Gasteiger partial charge in [-0.3, -0.25) is 9.78 Å². The molecule has 156 valence electrons. The molecule has 0 radical (unpaired) electrons. The highest BCUT2D eigenvalue weighted by Crippen LogP contribution is 2.26. The summed E-state index contributed by atoms with van der Waals surface area (Å²) < 4.78 is 32.0. The molecule has 0 bridgehead atoms. The average molecular weight is 421 g/mol. The lowest BCUT2D eigenvalue weighted by Gasteiger charge is -2.10. The molecule has 4 aromatic rings. The first-order chi connectivity index (χ1) is 15.0. The van der Waals surface area contributed by atoms with Crippen LogP contribution in [0.3, 0.4) is 0 Å². The zero-order valence-corrected chi connectivity index (χ0v) is 16.4. The Labute approximate surface area is 176 Å². The van der Waals surface area contributed by atoms with Crippen molar-refractivity contribution >= 4 is 23.3 Å². The van der Waals surface area contributed by atoms with Gasteiger partial charge in [0, 0.05) is 29.3 Å². The maximum absolute atomic E-state index is 13.3. The molecule has 0 saturated heterocycles. The fourth-order valence-corrected chi connectivity index (χ4v) is 2.87. The van der Waals surface area contributed by atoms with E-state index in [1.807, 2.05) is 13.0 Å². The first kappa shape index (κ1) is 20.1. The van der Waals surface area contributed by atoms with Gasteiger partial charge in [0.15, 0.2) is 11.6 Å². The minimum atomic E-state index is -0.988. The number of hydrogen-bond donors (Lipinski definition) is 2. The number of benzene rings is 2. The van der Waals surface area contributed by atoms with Gasteiger partial charge in [-0.1, -0.05) is 17.2 Å². The van der Waals surface area contributed by atoms with Gasteiger partial charge in [0.25, 0.3) is 0 Å². The van der Waals surface area contributed by atoms with E-state index >= 15 is 0 Å². The molecule has 1 amide bonds. The van der Waals surface area contributed by atoms with Crippen molar-refractivity contribution in [3.05, 3.63) is 83.7 Å². The van der Waals surface area contributed by atoms with Gasteiger partial charge in [-0.15, -0.1) is 5.10 Å². The Balaban J connectivity index is 1.45. The summed E-state index contributed by atoms with van der Waals surface area (Å²) in [5.74, 6) is -1.96. The number of pyridine rings is 1. The number of amides is 1. The molecule has 7 nitrogen and oxygen atoms in total. The van der Waals surface area contributed by atoms with Crippen LogP contribution >= 0.6 is 0 Å². The molecule has 4 rings (SSSR count). The number of rotatable bonds is 6. The van der Waals surface area contributed by atoms with Crippen molar-refractivity contribution in [1.29, 1.82) is 0 Å². The van der Waals surface area contributed by atoms with Crippen LogP contribution in [0, 0.1) is 18.6 Å². The number of aromatic nitrogens is 3. The molecule has 0 saturated carbocycles. The molecule has 31 heavy (non-hydrogen) atoms. The second-order valence-corrected chi connectivity index (χ2v) is 6.78. The van der Waals surface area contributed by atoms with Crippen molar-refractivity contribution in [3.8, 4) is 11.5 Å². The van der Waals surface area contributed by atoms with Crippen LogP contribution < -0.4 is 10.6 Å². The summed E-state index contributed by atoms with van der Waals surface area (Å²) in [5.41, 5.74) is 3.19. The van der Waals surface area contributed by atoms with E-state index in [1.54, 1.807) is 36.7 Å². The van der Waals surface area contributed by atoms with E-state index in [4.69, 9.17) is 4.42 Å². The van der Waals surface area contributed by atoms with Gasteiger partial charge in [-0.05, 0) is 54.4 Å². The van der Waals surface area contributed by atoms with Crippen LogP contribution in [0.4, 0.5) is 26.2 Å². The van der Waals surface area contributed by atoms with Gasteiger partial charge >= 0.3 is 6.01 Å². The van der Waals surface area contributed by atoms with Crippen molar-refractivity contribution in [3.63, 3.8) is 0 Å². The van der Waals surface area contributed by atoms with E-state index in [0.29, 0.717) is 22.8 Å². The fourth-order valence-electron chi connectivity index (χ4n) is 2.87. The standard InChI is InChI=1S/C22H17F2N5O2/c1-13-2-4-16(26-20(30)11-14-3-5-17(23)18(24)10-14)12-19(13)27-22-29-28-21(31-22)15-6-8-25-9-7-15/h2-10,12H,11H2,1H3,(H,26,30)(H,27,29). The lowest BCUT2D eigenvalue weighted by atomic mass is 10.1. The lowest BCUT2D eigenvalue weighted by molar-refractivity contribution is -0.115. The molecular weight excluding hydrogens is 404 g/mol. The highest BCUT2D eigenvalue weighted by molar-refractivity contribution is 5.93. The second kappa shape index (κ2) is 8.70. The minimum absolute atomic E-state index is 0.0905. The number of aryl methyl sites for hydroxylation is 1. The number of carbonyl (C=O) groups is 1. The number of nitrogens with zero attached hydrogens (tertiary/aromatic N) is 3. The molecular formula is C22H17F2N5O2. The largest absolute Gasteiger partial charge is 0.403 e. The summed E-state index contributed by atoms with van der Waals surface area (Å²) >= 11 is 0. The van der Waals surface area contributed by atoms with E-state index in [-0.39, 0.29) is 18.3 Å². The van der Waals surface area contributed by atoms with Crippen LogP contribution in [0.5, 0.6) is 0 Å². The van der Waals surface area contributed by atoms with Crippen molar-refractivity contribution in [2.75, 3.05) is 10.6 Å². The van der Waals surface area contributed by atoms with Crippen LogP contribution in [0.25, 0.3) is 11.5 Å². The van der Waals surface area contributed by atoms with Crippen molar-refractivity contribution in [2.24, 2.45) is 0 Å². The van der Waals surface area contributed by atoms with Crippen LogP contribution in [-0.4, -0.2) is 21.1 Å². The van der Waals surface area contributed by atoms with E-state index in [1.165, 1.54) is 6.07 Å². The molecule has 0 spiro atoms. The predicted molar refractivity (Wildman–Crippen MR) is 111 cm³/mol. The minimum Gasteiger partial charge on any atom is -0.403 e. The smallest absolute Gasteiger partial charge is 0.320 e. The zero-order valence-electron chi connectivity index (χ0n) is 16.4. The molecule has 9 heteroatoms. The highest BCUT2D eigenvalue weighted by Gasteiger charge is 2.12. The summed E-state index contributed by atoms with van der Waals surface area (Å²) in [6, 6.07) is 12.3. The summed E-state index contributed by atoms with van der Waals surface area (Å²) in [6.45, 7) is 1.88. The van der Waals surface area contributed by atoms with Crippen LogP contribution in [0.1, 0.15) is 11.1 Å². The summed E-state index contributed by atoms with van der Waals surface area (Å²) in [5, 5.41) is 13.8. The van der Waals surface area contributed by atoms with Crippen molar-refractivity contribution < 1.29 is 18.0 Å². The SMILES string of the molecule is Cc1ccc(NC(=O)Cc2ccc(F)c(F)c2)cc1Nc1nnc(-c2ccncc2)o1. The Morgan fingerprint density at radius 1 is 1.00 bits per heavy atom. The third-order valence-electron chi connectivity index (χ3n) is 4.46. The van der Waals surface area contributed by atoms with Crippen molar-refractivity contribution in [2.45, 2.75) is 13.3 Å². The Morgan fingerprint density at radius 3 is 2.58 bits per heavy atom. The number of anilines is 3. The third kappa shape index (κ3) is 4.89. The van der Waals surface area contributed by atoms with E-state index in [2.05, 4.69) is 25.8 Å². The second-order valence-electron chi connectivity index (χ2n) is 6.78.